The number of carbonyl (C=O) groups excluding carboxylic acids is 1. The van der Waals surface area contributed by atoms with Gasteiger partial charge in [-0.1, -0.05) is 305 Å². The number of amides is 1. The number of rotatable bonds is 60. The maximum absolute atomic E-state index is 13.0. The summed E-state index contributed by atoms with van der Waals surface area (Å²) in [5.74, 6) is -0.173. The van der Waals surface area contributed by atoms with Crippen LogP contribution in [0.2, 0.25) is 0 Å². The summed E-state index contributed by atoms with van der Waals surface area (Å²) in [6, 6.07) is -0.847. The predicted octanol–water partition coefficient (Wildman–Crippen LogP) is 20.6. The van der Waals surface area contributed by atoms with Crippen molar-refractivity contribution < 1.29 is 32.9 Å². The van der Waals surface area contributed by atoms with E-state index in [0.29, 0.717) is 17.4 Å². The molecule has 0 saturated heterocycles. The van der Waals surface area contributed by atoms with E-state index < -0.39 is 20.0 Å². The SMILES string of the molecule is CC/C=C\C/C=C\C/C=C\C/C=C\C/C=C\CCCCCCCCCCCCCCCCCCCCCCCC(=O)NC(COP(=O)(O)OCC[N+](C)(C)C)C(O)/C=C/CCCCCCCCCCCCCCCCCC. The van der Waals surface area contributed by atoms with Gasteiger partial charge in [0.05, 0.1) is 39.9 Å². The Kier molecular flexibility index (Phi) is 57.0. The van der Waals surface area contributed by atoms with Crippen LogP contribution in [-0.4, -0.2) is 73.4 Å². The Morgan fingerprint density at radius 1 is 0.455 bits per heavy atom. The number of phosphoric ester groups is 1. The lowest BCUT2D eigenvalue weighted by atomic mass is 10.0. The van der Waals surface area contributed by atoms with Gasteiger partial charge in [0, 0.05) is 6.42 Å². The van der Waals surface area contributed by atoms with Crippen LogP contribution in [-0.2, 0) is 18.4 Å². The molecule has 3 N–H and O–H groups in total. The molecule has 0 bridgehead atoms. The van der Waals surface area contributed by atoms with E-state index in [1.54, 1.807) is 6.08 Å². The summed E-state index contributed by atoms with van der Waals surface area (Å²) in [5.41, 5.74) is 0. The predicted molar refractivity (Wildman–Crippen MR) is 337 cm³/mol. The van der Waals surface area contributed by atoms with Gasteiger partial charge in [-0.15, -0.1) is 0 Å². The summed E-state index contributed by atoms with van der Waals surface area (Å²) in [6.45, 7) is 4.73. The first-order valence-electron chi connectivity index (χ1n) is 32.8. The summed E-state index contributed by atoms with van der Waals surface area (Å²) in [7, 11) is 1.58. The second-order valence-corrected chi connectivity index (χ2v) is 24.9. The van der Waals surface area contributed by atoms with Gasteiger partial charge in [-0.3, -0.25) is 13.8 Å². The van der Waals surface area contributed by atoms with Gasteiger partial charge in [0.1, 0.15) is 13.2 Å². The Morgan fingerprint density at radius 3 is 1.14 bits per heavy atom. The van der Waals surface area contributed by atoms with Crippen molar-refractivity contribution in [3.05, 3.63) is 72.9 Å². The molecule has 0 aliphatic rings. The molecule has 0 saturated carbocycles. The molecule has 0 aromatic rings. The Balaban J connectivity index is 3.99. The normalized spacial score (nSPS) is 14.2. The van der Waals surface area contributed by atoms with E-state index in [1.807, 2.05) is 27.2 Å². The summed E-state index contributed by atoms with van der Waals surface area (Å²) in [5, 5.41) is 14.0. The third-order valence-corrected chi connectivity index (χ3v) is 15.7. The van der Waals surface area contributed by atoms with Crippen LogP contribution in [0.3, 0.4) is 0 Å². The first-order valence-corrected chi connectivity index (χ1v) is 34.3. The van der Waals surface area contributed by atoms with Crippen molar-refractivity contribution in [1.29, 1.82) is 0 Å². The van der Waals surface area contributed by atoms with Crippen LogP contribution in [0.4, 0.5) is 0 Å². The first-order chi connectivity index (χ1) is 37.5. The minimum absolute atomic E-state index is 0.0618. The highest BCUT2D eigenvalue weighted by Crippen LogP contribution is 2.43. The molecule has 0 aromatic heterocycles. The number of carbonyl (C=O) groups is 1. The van der Waals surface area contributed by atoms with Crippen molar-refractivity contribution in [1.82, 2.24) is 5.32 Å². The zero-order chi connectivity index (χ0) is 56.3. The zero-order valence-electron chi connectivity index (χ0n) is 51.4. The molecule has 8 nitrogen and oxygen atoms in total. The molecule has 450 valence electrons. The number of hydrogen-bond donors (Lipinski definition) is 3. The van der Waals surface area contributed by atoms with Crippen LogP contribution in [0, 0.1) is 0 Å². The van der Waals surface area contributed by atoms with Gasteiger partial charge < -0.3 is 19.8 Å². The molecule has 9 heteroatoms. The van der Waals surface area contributed by atoms with Gasteiger partial charge in [-0.2, -0.15) is 0 Å². The molecule has 1 amide bonds. The number of aliphatic hydroxyl groups excluding tert-OH is 1. The highest BCUT2D eigenvalue weighted by molar-refractivity contribution is 7.47. The fourth-order valence-corrected chi connectivity index (χ4v) is 10.3. The van der Waals surface area contributed by atoms with E-state index in [-0.39, 0.29) is 19.1 Å². The number of quaternary nitrogens is 1. The van der Waals surface area contributed by atoms with Crippen LogP contribution >= 0.6 is 7.82 Å². The minimum Gasteiger partial charge on any atom is -0.387 e. The summed E-state index contributed by atoms with van der Waals surface area (Å²) < 4.78 is 23.8. The quantitative estimate of drug-likeness (QED) is 0.0243. The molecule has 0 rings (SSSR count). The van der Waals surface area contributed by atoms with Crippen molar-refractivity contribution in [2.45, 2.75) is 315 Å². The molecule has 0 spiro atoms. The number of unbranched alkanes of at least 4 members (excludes halogenated alkanes) is 37. The number of aliphatic hydroxyl groups is 1. The average Bonchev–Trinajstić information content (AvgIpc) is 3.39. The average molecular weight is 1100 g/mol. The second kappa shape index (κ2) is 58.6. The number of phosphoric acid groups is 1. The third-order valence-electron chi connectivity index (χ3n) is 14.7. The molecule has 0 aliphatic heterocycles. The summed E-state index contributed by atoms with van der Waals surface area (Å²) in [4.78, 5) is 23.4. The molecule has 77 heavy (non-hydrogen) atoms. The van der Waals surface area contributed by atoms with Gasteiger partial charge in [0.15, 0.2) is 0 Å². The van der Waals surface area contributed by atoms with Crippen LogP contribution in [0.25, 0.3) is 0 Å². The first kappa shape index (κ1) is 74.9. The fraction of sp³-hybridized carbons (Fsp3) is 0.809. The van der Waals surface area contributed by atoms with E-state index in [2.05, 4.69) is 79.9 Å². The number of nitrogens with one attached hydrogen (secondary N) is 1. The topological polar surface area (TPSA) is 105 Å². The van der Waals surface area contributed by atoms with E-state index in [0.717, 1.165) is 70.6 Å². The van der Waals surface area contributed by atoms with Gasteiger partial charge in [0.2, 0.25) is 5.91 Å². The van der Waals surface area contributed by atoms with Crippen molar-refractivity contribution in [3.8, 4) is 0 Å². The second-order valence-electron chi connectivity index (χ2n) is 23.5. The molecule has 0 aliphatic carbocycles. The monoisotopic (exact) mass is 1100 g/mol. The maximum atomic E-state index is 13.0. The van der Waals surface area contributed by atoms with E-state index in [9.17, 15) is 19.4 Å². The molecule has 0 aromatic carbocycles. The maximum Gasteiger partial charge on any atom is 0.472 e. The van der Waals surface area contributed by atoms with Gasteiger partial charge >= 0.3 is 7.82 Å². The van der Waals surface area contributed by atoms with E-state index in [1.165, 1.54) is 212 Å². The Morgan fingerprint density at radius 2 is 0.779 bits per heavy atom. The van der Waals surface area contributed by atoms with Crippen molar-refractivity contribution in [3.63, 3.8) is 0 Å². The number of nitrogens with zero attached hydrogens (tertiary/aromatic N) is 1. The molecule has 0 fully saturated rings. The Bertz CT molecular complexity index is 1480. The molecular weight excluding hydrogens is 972 g/mol. The van der Waals surface area contributed by atoms with Gasteiger partial charge in [-0.05, 0) is 64.2 Å². The lowest BCUT2D eigenvalue weighted by molar-refractivity contribution is -0.870. The van der Waals surface area contributed by atoms with Crippen LogP contribution < -0.4 is 5.32 Å². The van der Waals surface area contributed by atoms with Crippen LogP contribution in [0.1, 0.15) is 303 Å². The highest BCUT2D eigenvalue weighted by atomic mass is 31.2. The molecular formula is C68H128N2O6P+. The number of hydrogen-bond acceptors (Lipinski definition) is 5. The van der Waals surface area contributed by atoms with Gasteiger partial charge in [-0.25, -0.2) is 4.57 Å². The lowest BCUT2D eigenvalue weighted by Gasteiger charge is -2.25. The standard InChI is InChI=1S/C68H127N2O6P/c1-6-8-10-12-14-16-18-20-22-24-26-27-28-29-30-31-32-33-34-35-36-37-38-39-40-41-42-43-44-46-48-50-52-54-56-58-60-62-68(72)69-66(65-76-77(73,74)75-64-63-70(3,4)5)67(71)61-59-57-55-53-51-49-47-45-25-23-21-19-17-15-13-11-9-7-2/h8,10,14,16,20,22,26-27,29-30,59,61,66-67,71H,6-7,9,11-13,15,17-19,21,23-25,28,31-58,60,62-65H2,1-5H3,(H-,69,72,73,74)/p+1/b10-8-,16-14-,22-20-,27-26-,30-29-,61-59+. The third kappa shape index (κ3) is 61.4. The van der Waals surface area contributed by atoms with E-state index in [4.69, 9.17) is 9.05 Å². The number of likely N-dealkylation sites (N-methyl/N-ethyl adjacent to an activating group) is 1. The number of allylic oxidation sites excluding steroid dienone is 11. The largest absolute Gasteiger partial charge is 0.472 e. The molecule has 0 radical (unpaired) electrons. The Labute approximate surface area is 478 Å². The molecule has 3 atom stereocenters. The van der Waals surface area contributed by atoms with Crippen molar-refractivity contribution >= 4 is 13.7 Å². The molecule has 0 heterocycles. The van der Waals surface area contributed by atoms with E-state index >= 15 is 0 Å². The van der Waals surface area contributed by atoms with Crippen molar-refractivity contribution in [2.24, 2.45) is 0 Å². The Hall–Kier alpha value is -2.06. The summed E-state index contributed by atoms with van der Waals surface area (Å²) >= 11 is 0. The van der Waals surface area contributed by atoms with Crippen LogP contribution in [0.15, 0.2) is 72.9 Å². The lowest BCUT2D eigenvalue weighted by Crippen LogP contribution is -2.45. The fourth-order valence-electron chi connectivity index (χ4n) is 9.60. The van der Waals surface area contributed by atoms with Crippen LogP contribution in [0.5, 0.6) is 0 Å². The smallest absolute Gasteiger partial charge is 0.387 e. The highest BCUT2D eigenvalue weighted by Gasteiger charge is 2.28. The summed E-state index contributed by atoms with van der Waals surface area (Å²) in [6.07, 6.45) is 81.7. The molecule has 3 unspecified atom stereocenters. The van der Waals surface area contributed by atoms with Gasteiger partial charge in [0.25, 0.3) is 0 Å². The van der Waals surface area contributed by atoms with Crippen molar-refractivity contribution in [2.75, 3.05) is 40.9 Å². The zero-order valence-corrected chi connectivity index (χ0v) is 52.3. The minimum atomic E-state index is -4.35.